The topological polar surface area (TPSA) is 101 Å². The molecule has 0 saturated carbocycles. The van der Waals surface area contributed by atoms with Crippen LogP contribution in [0.25, 0.3) is 0 Å². The van der Waals surface area contributed by atoms with Gasteiger partial charge in [0.1, 0.15) is 4.90 Å². The van der Waals surface area contributed by atoms with E-state index < -0.39 is 14.9 Å². The van der Waals surface area contributed by atoms with Gasteiger partial charge in [-0.3, -0.25) is 10.1 Å². The van der Waals surface area contributed by atoms with Crippen LogP contribution in [0.4, 0.5) is 11.4 Å². The first-order valence-corrected chi connectivity index (χ1v) is 9.31. The lowest BCUT2D eigenvalue weighted by Crippen LogP contribution is -2.26. The minimum Gasteiger partial charge on any atom is -0.384 e. The molecule has 7 nitrogen and oxygen atoms in total. The van der Waals surface area contributed by atoms with Crippen LogP contribution in [0.3, 0.4) is 0 Å². The summed E-state index contributed by atoms with van der Waals surface area (Å²) >= 11 is 1.64. The molecule has 0 spiro atoms. The third kappa shape index (κ3) is 5.18. The van der Waals surface area contributed by atoms with Crippen molar-refractivity contribution in [3.05, 3.63) is 28.3 Å². The summed E-state index contributed by atoms with van der Waals surface area (Å²) < 4.78 is 27.0. The van der Waals surface area contributed by atoms with Crippen LogP contribution in [-0.4, -0.2) is 38.4 Å². The fourth-order valence-electron chi connectivity index (χ4n) is 1.70. The van der Waals surface area contributed by atoms with E-state index in [-0.39, 0.29) is 16.3 Å². The molecule has 1 aromatic rings. The van der Waals surface area contributed by atoms with Crippen LogP contribution in [-0.2, 0) is 10.0 Å². The highest BCUT2D eigenvalue weighted by molar-refractivity contribution is 7.98. The maximum atomic E-state index is 12.2. The van der Waals surface area contributed by atoms with Crippen molar-refractivity contribution in [3.63, 3.8) is 0 Å². The van der Waals surface area contributed by atoms with Gasteiger partial charge in [-0.25, -0.2) is 13.1 Å². The number of benzene rings is 1. The zero-order valence-electron chi connectivity index (χ0n) is 12.0. The predicted molar refractivity (Wildman–Crippen MR) is 85.4 cm³/mol. The largest absolute Gasteiger partial charge is 0.384 e. The number of nitrogens with one attached hydrogen (secondary N) is 2. The molecule has 9 heteroatoms. The summed E-state index contributed by atoms with van der Waals surface area (Å²) in [7, 11) is -3.68. The molecule has 2 N–H and O–H groups in total. The molecule has 0 bridgehead atoms. The average Bonchev–Trinajstić information content (AvgIpc) is 2.43. The summed E-state index contributed by atoms with van der Waals surface area (Å²) in [5.74, 6) is 0.864. The van der Waals surface area contributed by atoms with Gasteiger partial charge in [-0.15, -0.1) is 0 Å². The van der Waals surface area contributed by atoms with Crippen LogP contribution >= 0.6 is 11.8 Å². The van der Waals surface area contributed by atoms with Gasteiger partial charge in [0.2, 0.25) is 10.0 Å². The second-order valence-corrected chi connectivity index (χ2v) is 6.93. The van der Waals surface area contributed by atoms with Crippen molar-refractivity contribution in [3.8, 4) is 0 Å². The Balaban J connectivity index is 3.01. The fraction of sp³-hybridized carbons (Fsp3) is 0.500. The van der Waals surface area contributed by atoms with Gasteiger partial charge in [0.05, 0.1) is 10.6 Å². The van der Waals surface area contributed by atoms with Crippen LogP contribution in [0, 0.1) is 10.1 Å². The summed E-state index contributed by atoms with van der Waals surface area (Å²) in [6.07, 6.45) is 2.68. The van der Waals surface area contributed by atoms with E-state index in [1.807, 2.05) is 6.26 Å². The number of nitro groups is 1. The smallest absolute Gasteiger partial charge is 0.271 e. The highest BCUT2D eigenvalue weighted by Crippen LogP contribution is 2.26. The second-order valence-electron chi connectivity index (χ2n) is 4.21. The first-order chi connectivity index (χ1) is 9.92. The van der Waals surface area contributed by atoms with E-state index in [9.17, 15) is 18.5 Å². The number of nitrogens with zero attached hydrogens (tertiary/aromatic N) is 1. The van der Waals surface area contributed by atoms with Crippen LogP contribution < -0.4 is 10.0 Å². The number of hydrogen-bond acceptors (Lipinski definition) is 6. The van der Waals surface area contributed by atoms with Crippen LogP contribution in [0.15, 0.2) is 23.1 Å². The predicted octanol–water partition coefficient (Wildman–Crippen LogP) is 2.06. The molecule has 0 atom stereocenters. The minimum atomic E-state index is -3.68. The number of sulfonamides is 1. The molecule has 0 aliphatic heterocycles. The van der Waals surface area contributed by atoms with Gasteiger partial charge in [-0.2, -0.15) is 11.8 Å². The van der Waals surface area contributed by atoms with Gasteiger partial charge in [0, 0.05) is 25.2 Å². The monoisotopic (exact) mass is 333 g/mol. The summed E-state index contributed by atoms with van der Waals surface area (Å²) in [5.41, 5.74) is 0.0938. The number of nitro benzene ring substituents is 1. The SMILES string of the molecule is CCNc1cc([N+](=O)[O-])ccc1S(=O)(=O)NCCCSC. The van der Waals surface area contributed by atoms with Crippen molar-refractivity contribution in [2.75, 3.05) is 30.4 Å². The summed E-state index contributed by atoms with van der Waals surface area (Å²) in [6.45, 7) is 2.60. The first-order valence-electron chi connectivity index (χ1n) is 6.43. The molecule has 0 fully saturated rings. The number of hydrogen-bond donors (Lipinski definition) is 2. The molecule has 21 heavy (non-hydrogen) atoms. The van der Waals surface area contributed by atoms with E-state index in [0.29, 0.717) is 13.1 Å². The normalized spacial score (nSPS) is 11.3. The van der Waals surface area contributed by atoms with Gasteiger partial charge in [-0.05, 0) is 31.4 Å². The summed E-state index contributed by atoms with van der Waals surface area (Å²) in [5, 5.41) is 13.6. The molecule has 0 saturated heterocycles. The van der Waals surface area contributed by atoms with Gasteiger partial charge in [0.15, 0.2) is 0 Å². The number of non-ortho nitro benzene ring substituents is 1. The quantitative estimate of drug-likeness (QED) is 0.407. The highest BCUT2D eigenvalue weighted by Gasteiger charge is 2.20. The standard InChI is InChI=1S/C12H19N3O4S2/c1-3-13-11-9-10(15(16)17)5-6-12(11)21(18,19)14-7-4-8-20-2/h5-6,9,13-14H,3-4,7-8H2,1-2H3. The Morgan fingerprint density at radius 1 is 1.38 bits per heavy atom. The molecule has 0 unspecified atom stereocenters. The molecule has 1 aromatic carbocycles. The van der Waals surface area contributed by atoms with Crippen LogP contribution in [0.2, 0.25) is 0 Å². The van der Waals surface area contributed by atoms with Crippen molar-refractivity contribution < 1.29 is 13.3 Å². The van der Waals surface area contributed by atoms with Crippen molar-refractivity contribution in [2.45, 2.75) is 18.2 Å². The lowest BCUT2D eigenvalue weighted by atomic mass is 10.3. The Kier molecular flexibility index (Phi) is 6.93. The van der Waals surface area contributed by atoms with Crippen molar-refractivity contribution >= 4 is 33.2 Å². The van der Waals surface area contributed by atoms with Crippen molar-refractivity contribution in [1.82, 2.24) is 4.72 Å². The molecular weight excluding hydrogens is 314 g/mol. The molecule has 0 amide bonds. The number of rotatable bonds is 9. The Morgan fingerprint density at radius 2 is 2.10 bits per heavy atom. The maximum Gasteiger partial charge on any atom is 0.271 e. The van der Waals surface area contributed by atoms with E-state index in [0.717, 1.165) is 12.2 Å². The van der Waals surface area contributed by atoms with E-state index in [2.05, 4.69) is 10.0 Å². The number of thioether (sulfide) groups is 1. The fourth-order valence-corrected chi connectivity index (χ4v) is 3.36. The lowest BCUT2D eigenvalue weighted by molar-refractivity contribution is -0.384. The lowest BCUT2D eigenvalue weighted by Gasteiger charge is -2.12. The zero-order chi connectivity index (χ0) is 15.9. The molecule has 0 aliphatic carbocycles. The van der Waals surface area contributed by atoms with E-state index in [1.54, 1.807) is 18.7 Å². The second kappa shape index (κ2) is 8.20. The molecule has 1 rings (SSSR count). The van der Waals surface area contributed by atoms with E-state index >= 15 is 0 Å². The van der Waals surface area contributed by atoms with Crippen LogP contribution in [0.1, 0.15) is 13.3 Å². The number of anilines is 1. The van der Waals surface area contributed by atoms with Crippen molar-refractivity contribution in [1.29, 1.82) is 0 Å². The highest BCUT2D eigenvalue weighted by atomic mass is 32.2. The first kappa shape index (κ1) is 17.7. The average molecular weight is 333 g/mol. The molecule has 0 aliphatic rings. The Hall–Kier alpha value is -1.32. The van der Waals surface area contributed by atoms with Gasteiger partial charge < -0.3 is 5.32 Å². The van der Waals surface area contributed by atoms with E-state index in [1.165, 1.54) is 18.2 Å². The third-order valence-corrected chi connectivity index (χ3v) is 4.86. The molecule has 0 heterocycles. The zero-order valence-corrected chi connectivity index (χ0v) is 13.6. The maximum absolute atomic E-state index is 12.2. The Labute approximate surface area is 128 Å². The minimum absolute atomic E-state index is 0.0269. The summed E-state index contributed by atoms with van der Waals surface area (Å²) in [6, 6.07) is 3.68. The van der Waals surface area contributed by atoms with Gasteiger partial charge in [0.25, 0.3) is 5.69 Å². The third-order valence-electron chi connectivity index (χ3n) is 2.65. The van der Waals surface area contributed by atoms with Gasteiger partial charge in [-0.1, -0.05) is 0 Å². The van der Waals surface area contributed by atoms with E-state index in [4.69, 9.17) is 0 Å². The molecule has 0 aromatic heterocycles. The Bertz CT molecular complexity index is 590. The van der Waals surface area contributed by atoms with Gasteiger partial charge >= 0.3 is 0 Å². The summed E-state index contributed by atoms with van der Waals surface area (Å²) in [4.78, 5) is 10.2. The van der Waals surface area contributed by atoms with Crippen LogP contribution in [0.5, 0.6) is 0 Å². The van der Waals surface area contributed by atoms with Crippen molar-refractivity contribution in [2.24, 2.45) is 0 Å². The molecule has 118 valence electrons. The molecule has 0 radical (unpaired) electrons. The molecular formula is C12H19N3O4S2. The Morgan fingerprint density at radius 3 is 2.67 bits per heavy atom.